The van der Waals surface area contributed by atoms with Gasteiger partial charge >= 0.3 is 0 Å². The van der Waals surface area contributed by atoms with Crippen LogP contribution in [0.1, 0.15) is 22.8 Å². The van der Waals surface area contributed by atoms with Crippen LogP contribution < -0.4 is 16.4 Å². The molecule has 190 valence electrons. The summed E-state index contributed by atoms with van der Waals surface area (Å²) in [6.07, 6.45) is 2.48. The zero-order valence-corrected chi connectivity index (χ0v) is 21.7. The standard InChI is InChI=1S/C28H30ClN7O/c1-3-17-4-7-19(29)14-21(17)25-22(27(30)37)15-24(33-25)26-23(16-32-28(31)34-26)18-5-8-20(9-6-18)36-12-10-35(2)11-13-36/h4-9,14-16,33H,3,10-13H2,1-2H3,(H2,30,37)(H2,31,32,34). The van der Waals surface area contributed by atoms with E-state index in [-0.39, 0.29) is 5.95 Å². The van der Waals surface area contributed by atoms with Crippen molar-refractivity contribution < 1.29 is 4.79 Å². The fourth-order valence-corrected chi connectivity index (χ4v) is 4.98. The van der Waals surface area contributed by atoms with Gasteiger partial charge < -0.3 is 26.3 Å². The first kappa shape index (κ1) is 24.8. The molecule has 0 saturated carbocycles. The minimum atomic E-state index is -0.542. The predicted molar refractivity (Wildman–Crippen MR) is 150 cm³/mol. The van der Waals surface area contributed by atoms with Crippen molar-refractivity contribution in [1.29, 1.82) is 0 Å². The highest BCUT2D eigenvalue weighted by molar-refractivity contribution is 6.31. The number of nitrogens with zero attached hydrogens (tertiary/aromatic N) is 4. The molecular weight excluding hydrogens is 486 g/mol. The largest absolute Gasteiger partial charge is 0.369 e. The Hall–Kier alpha value is -3.88. The maximum Gasteiger partial charge on any atom is 0.250 e. The number of piperazine rings is 1. The number of primary amides is 1. The zero-order valence-electron chi connectivity index (χ0n) is 21.0. The number of carbonyl (C=O) groups is 1. The number of amides is 1. The van der Waals surface area contributed by atoms with Crippen LogP contribution in [0, 0.1) is 0 Å². The van der Waals surface area contributed by atoms with Crippen molar-refractivity contribution in [3.05, 3.63) is 70.9 Å². The Labute approximate surface area is 221 Å². The number of aryl methyl sites for hydroxylation is 1. The highest BCUT2D eigenvalue weighted by Gasteiger charge is 2.21. The van der Waals surface area contributed by atoms with Crippen LogP contribution in [0.4, 0.5) is 11.6 Å². The van der Waals surface area contributed by atoms with E-state index in [0.29, 0.717) is 27.7 Å². The average Bonchev–Trinajstić information content (AvgIpc) is 3.35. The van der Waals surface area contributed by atoms with Crippen molar-refractivity contribution in [3.8, 4) is 33.8 Å². The molecule has 8 nitrogen and oxygen atoms in total. The van der Waals surface area contributed by atoms with Crippen molar-refractivity contribution in [2.75, 3.05) is 43.9 Å². The van der Waals surface area contributed by atoms with E-state index in [1.807, 2.05) is 18.2 Å². The Kier molecular flexibility index (Phi) is 6.86. The van der Waals surface area contributed by atoms with Crippen molar-refractivity contribution >= 4 is 29.1 Å². The smallest absolute Gasteiger partial charge is 0.250 e. The van der Waals surface area contributed by atoms with E-state index < -0.39 is 5.91 Å². The number of hydrogen-bond acceptors (Lipinski definition) is 6. The molecule has 5 rings (SSSR count). The molecule has 5 N–H and O–H groups in total. The van der Waals surface area contributed by atoms with Crippen LogP contribution in [0.3, 0.4) is 0 Å². The van der Waals surface area contributed by atoms with Crippen molar-refractivity contribution in [1.82, 2.24) is 19.9 Å². The maximum absolute atomic E-state index is 12.5. The quantitative estimate of drug-likeness (QED) is 0.349. The number of carbonyl (C=O) groups excluding carboxylic acids is 1. The summed E-state index contributed by atoms with van der Waals surface area (Å²) < 4.78 is 0. The number of nitrogens with one attached hydrogen (secondary N) is 1. The average molecular weight is 516 g/mol. The Morgan fingerprint density at radius 2 is 1.78 bits per heavy atom. The van der Waals surface area contributed by atoms with Crippen LogP contribution >= 0.6 is 11.6 Å². The fraction of sp³-hybridized carbons (Fsp3) is 0.250. The van der Waals surface area contributed by atoms with Gasteiger partial charge in [0.2, 0.25) is 5.95 Å². The molecule has 0 spiro atoms. The third-order valence-electron chi connectivity index (χ3n) is 6.91. The van der Waals surface area contributed by atoms with Crippen molar-refractivity contribution in [3.63, 3.8) is 0 Å². The molecule has 0 unspecified atom stereocenters. The second-order valence-electron chi connectivity index (χ2n) is 9.32. The summed E-state index contributed by atoms with van der Waals surface area (Å²) in [5, 5.41) is 0.575. The fourth-order valence-electron chi connectivity index (χ4n) is 4.81. The number of aromatic amines is 1. The van der Waals surface area contributed by atoms with Crippen LogP contribution in [0.15, 0.2) is 54.7 Å². The molecule has 0 bridgehead atoms. The van der Waals surface area contributed by atoms with E-state index in [2.05, 4.69) is 63.0 Å². The van der Waals surface area contributed by atoms with Gasteiger partial charge in [0, 0.05) is 54.2 Å². The summed E-state index contributed by atoms with van der Waals surface area (Å²) >= 11 is 6.31. The van der Waals surface area contributed by atoms with Crippen LogP contribution in [0.2, 0.25) is 5.02 Å². The van der Waals surface area contributed by atoms with E-state index in [1.54, 1.807) is 12.3 Å². The SMILES string of the molecule is CCc1ccc(Cl)cc1-c1[nH]c(-c2nc(N)ncc2-c2ccc(N3CCN(C)CC3)cc2)cc1C(N)=O. The second-order valence-corrected chi connectivity index (χ2v) is 9.76. The summed E-state index contributed by atoms with van der Waals surface area (Å²) in [4.78, 5) is 29.4. The number of anilines is 2. The van der Waals surface area contributed by atoms with Crippen molar-refractivity contribution in [2.45, 2.75) is 13.3 Å². The van der Waals surface area contributed by atoms with Crippen LogP contribution in [-0.4, -0.2) is 59.0 Å². The van der Waals surface area contributed by atoms with Crippen molar-refractivity contribution in [2.24, 2.45) is 5.73 Å². The molecule has 1 aliphatic rings. The monoisotopic (exact) mass is 515 g/mol. The Balaban J connectivity index is 1.57. The molecule has 2 aromatic heterocycles. The first-order valence-corrected chi connectivity index (χ1v) is 12.7. The minimum Gasteiger partial charge on any atom is -0.369 e. The van der Waals surface area contributed by atoms with E-state index in [1.165, 1.54) is 5.69 Å². The Morgan fingerprint density at radius 3 is 2.46 bits per heavy atom. The van der Waals surface area contributed by atoms with Gasteiger partial charge in [-0.05, 0) is 54.9 Å². The molecule has 2 aromatic carbocycles. The van der Waals surface area contributed by atoms with Gasteiger partial charge in [-0.1, -0.05) is 36.7 Å². The van der Waals surface area contributed by atoms with Gasteiger partial charge in [-0.25, -0.2) is 9.97 Å². The number of likely N-dealkylation sites (N-methyl/N-ethyl adjacent to an activating group) is 1. The van der Waals surface area contributed by atoms with Crippen LogP contribution in [-0.2, 0) is 6.42 Å². The van der Waals surface area contributed by atoms with Gasteiger partial charge in [-0.3, -0.25) is 4.79 Å². The first-order valence-electron chi connectivity index (χ1n) is 12.3. The number of nitrogen functional groups attached to an aromatic ring is 1. The van der Waals surface area contributed by atoms with Gasteiger partial charge in [0.05, 0.1) is 22.6 Å². The van der Waals surface area contributed by atoms with E-state index in [0.717, 1.165) is 54.9 Å². The van der Waals surface area contributed by atoms with Crippen LogP contribution in [0.5, 0.6) is 0 Å². The van der Waals surface area contributed by atoms with E-state index >= 15 is 0 Å². The predicted octanol–water partition coefficient (Wildman–Crippen LogP) is 4.45. The van der Waals surface area contributed by atoms with Gasteiger partial charge in [0.25, 0.3) is 5.91 Å². The molecule has 1 fully saturated rings. The summed E-state index contributed by atoms with van der Waals surface area (Å²) in [6.45, 7) is 6.13. The van der Waals surface area contributed by atoms with Gasteiger partial charge in [0.1, 0.15) is 0 Å². The molecule has 0 atom stereocenters. The third-order valence-corrected chi connectivity index (χ3v) is 7.15. The summed E-state index contributed by atoms with van der Waals surface area (Å²) in [5.74, 6) is -0.402. The highest BCUT2D eigenvalue weighted by atomic mass is 35.5. The molecule has 3 heterocycles. The highest BCUT2D eigenvalue weighted by Crippen LogP contribution is 2.36. The summed E-state index contributed by atoms with van der Waals surface area (Å²) in [6, 6.07) is 15.7. The lowest BCUT2D eigenvalue weighted by Gasteiger charge is -2.34. The Morgan fingerprint density at radius 1 is 1.05 bits per heavy atom. The molecule has 1 amide bonds. The summed E-state index contributed by atoms with van der Waals surface area (Å²) in [5.41, 5.74) is 18.8. The molecule has 37 heavy (non-hydrogen) atoms. The van der Waals surface area contributed by atoms with E-state index in [9.17, 15) is 4.79 Å². The molecular formula is C28H30ClN7O. The molecule has 0 aliphatic carbocycles. The number of benzene rings is 2. The van der Waals surface area contributed by atoms with E-state index in [4.69, 9.17) is 23.1 Å². The second kappa shape index (κ2) is 10.2. The van der Waals surface area contributed by atoms with Crippen LogP contribution in [0.25, 0.3) is 33.8 Å². The third kappa shape index (κ3) is 5.03. The molecule has 0 radical (unpaired) electrons. The Bertz CT molecular complexity index is 1440. The number of rotatable bonds is 6. The lowest BCUT2D eigenvalue weighted by molar-refractivity contribution is 0.100. The molecule has 1 aliphatic heterocycles. The lowest BCUT2D eigenvalue weighted by Crippen LogP contribution is -2.44. The minimum absolute atomic E-state index is 0.140. The normalized spacial score (nSPS) is 14.2. The molecule has 1 saturated heterocycles. The topological polar surface area (TPSA) is 117 Å². The zero-order chi connectivity index (χ0) is 26.1. The van der Waals surface area contributed by atoms with Gasteiger partial charge in [-0.2, -0.15) is 0 Å². The first-order chi connectivity index (χ1) is 17.8. The van der Waals surface area contributed by atoms with Gasteiger partial charge in [0.15, 0.2) is 0 Å². The van der Waals surface area contributed by atoms with Gasteiger partial charge in [-0.15, -0.1) is 0 Å². The maximum atomic E-state index is 12.5. The number of aromatic nitrogens is 3. The number of halogens is 1. The lowest BCUT2D eigenvalue weighted by atomic mass is 10.00. The molecule has 4 aromatic rings. The number of H-pyrrole nitrogens is 1. The molecule has 9 heteroatoms. The number of hydrogen-bond donors (Lipinski definition) is 3. The number of nitrogens with two attached hydrogens (primary N) is 2. The summed E-state index contributed by atoms with van der Waals surface area (Å²) in [7, 11) is 2.15.